The van der Waals surface area contributed by atoms with Crippen molar-refractivity contribution in [3.05, 3.63) is 22.8 Å². The molecule has 0 amide bonds. The molecule has 2 saturated heterocycles. The molecule has 27 heavy (non-hydrogen) atoms. The van der Waals surface area contributed by atoms with E-state index in [9.17, 15) is 13.2 Å². The number of aliphatic imine (C=N–C) groups is 1. The first-order chi connectivity index (χ1) is 12.9. The van der Waals surface area contributed by atoms with Gasteiger partial charge in [-0.2, -0.15) is 13.2 Å². The number of fused-ring (bicyclic) bond motifs is 2. The van der Waals surface area contributed by atoms with Crippen LogP contribution in [0.1, 0.15) is 31.7 Å². The Morgan fingerprint density at radius 3 is 2.85 bits per heavy atom. The lowest BCUT2D eigenvalue weighted by Crippen LogP contribution is -2.47. The number of pyridine rings is 1. The van der Waals surface area contributed by atoms with E-state index in [1.54, 1.807) is 0 Å². The molecule has 2 aliphatic heterocycles. The zero-order chi connectivity index (χ0) is 19.4. The largest absolute Gasteiger partial charge is 0.475 e. The molecule has 1 aromatic heterocycles. The third-order valence-electron chi connectivity index (χ3n) is 4.51. The summed E-state index contributed by atoms with van der Waals surface area (Å²) < 4.78 is 49.0. The first-order valence-electron chi connectivity index (χ1n) is 8.92. The van der Waals surface area contributed by atoms with Gasteiger partial charge in [0.15, 0.2) is 5.96 Å². The minimum absolute atomic E-state index is 0.0423. The Kier molecular flexibility index (Phi) is 6.31. The van der Waals surface area contributed by atoms with Crippen LogP contribution in [0.25, 0.3) is 0 Å². The summed E-state index contributed by atoms with van der Waals surface area (Å²) in [4.78, 5) is 8.06. The Labute approximate surface area is 160 Å². The van der Waals surface area contributed by atoms with Crippen molar-refractivity contribution >= 4 is 17.6 Å². The van der Waals surface area contributed by atoms with Gasteiger partial charge in [-0.15, -0.1) is 0 Å². The van der Waals surface area contributed by atoms with E-state index in [4.69, 9.17) is 21.1 Å². The van der Waals surface area contributed by atoms with Crippen LogP contribution in [0, 0.1) is 0 Å². The molecule has 3 heterocycles. The van der Waals surface area contributed by atoms with Gasteiger partial charge in [0.2, 0.25) is 5.88 Å². The molecule has 10 heteroatoms. The number of rotatable bonds is 6. The molecule has 0 saturated carbocycles. The minimum atomic E-state index is -4.49. The SMILES string of the molecule is CCNC(=NCCOc1ncc(C(F)(F)F)cc1Cl)NC1CC2CCC1O2. The van der Waals surface area contributed by atoms with Gasteiger partial charge in [0, 0.05) is 12.7 Å². The van der Waals surface area contributed by atoms with Gasteiger partial charge in [-0.1, -0.05) is 11.6 Å². The highest BCUT2D eigenvalue weighted by Gasteiger charge is 2.41. The van der Waals surface area contributed by atoms with Crippen LogP contribution in [0.4, 0.5) is 13.2 Å². The Hall–Kier alpha value is -1.74. The fourth-order valence-corrected chi connectivity index (χ4v) is 3.49. The number of nitrogens with zero attached hydrogens (tertiary/aromatic N) is 2. The van der Waals surface area contributed by atoms with Gasteiger partial charge in [0.25, 0.3) is 0 Å². The molecule has 0 spiro atoms. The van der Waals surface area contributed by atoms with Gasteiger partial charge in [0.05, 0.1) is 30.4 Å². The molecule has 0 radical (unpaired) electrons. The first-order valence-corrected chi connectivity index (χ1v) is 9.30. The van der Waals surface area contributed by atoms with E-state index < -0.39 is 11.7 Å². The molecule has 2 bridgehead atoms. The maximum atomic E-state index is 12.6. The summed E-state index contributed by atoms with van der Waals surface area (Å²) in [6.07, 6.45) is -0.0809. The van der Waals surface area contributed by atoms with Crippen LogP contribution in [-0.4, -0.2) is 48.9 Å². The van der Waals surface area contributed by atoms with Crippen LogP contribution in [0.5, 0.6) is 5.88 Å². The number of hydrogen-bond acceptors (Lipinski definition) is 4. The molecule has 2 aliphatic rings. The summed E-state index contributed by atoms with van der Waals surface area (Å²) in [5, 5.41) is 6.36. The molecule has 6 nitrogen and oxygen atoms in total. The molecule has 1 aromatic rings. The molecule has 3 unspecified atom stereocenters. The van der Waals surface area contributed by atoms with Crippen molar-refractivity contribution in [1.82, 2.24) is 15.6 Å². The smallest absolute Gasteiger partial charge is 0.417 e. The summed E-state index contributed by atoms with van der Waals surface area (Å²) in [5.74, 6) is 0.619. The summed E-state index contributed by atoms with van der Waals surface area (Å²) in [5.41, 5.74) is -0.912. The molecule has 3 rings (SSSR count). The van der Waals surface area contributed by atoms with E-state index in [1.165, 1.54) is 0 Å². The average molecular weight is 407 g/mol. The van der Waals surface area contributed by atoms with E-state index in [0.29, 0.717) is 31.3 Å². The summed E-state index contributed by atoms with van der Waals surface area (Å²) in [6.45, 7) is 3.12. The lowest BCUT2D eigenvalue weighted by atomic mass is 9.96. The highest BCUT2D eigenvalue weighted by Crippen LogP contribution is 2.34. The van der Waals surface area contributed by atoms with Crippen molar-refractivity contribution in [1.29, 1.82) is 0 Å². The molecule has 2 fully saturated rings. The van der Waals surface area contributed by atoms with E-state index in [1.807, 2.05) is 6.92 Å². The van der Waals surface area contributed by atoms with Crippen molar-refractivity contribution in [2.24, 2.45) is 4.99 Å². The van der Waals surface area contributed by atoms with Crippen LogP contribution in [0.3, 0.4) is 0 Å². The van der Waals surface area contributed by atoms with Crippen LogP contribution in [0.2, 0.25) is 5.02 Å². The van der Waals surface area contributed by atoms with Crippen molar-refractivity contribution < 1.29 is 22.6 Å². The zero-order valence-electron chi connectivity index (χ0n) is 14.9. The van der Waals surface area contributed by atoms with Crippen molar-refractivity contribution in [3.63, 3.8) is 0 Å². The Balaban J connectivity index is 1.50. The Morgan fingerprint density at radius 1 is 1.44 bits per heavy atom. The Bertz CT molecular complexity index is 687. The standard InChI is InChI=1S/C17H22ClF3N4O2/c1-2-22-16(25-13-8-11-3-4-14(13)27-11)23-5-6-26-15-12(18)7-10(9-24-15)17(19,20)21/h7,9,11,13-14H,2-6,8H2,1H3,(H2,22,23,25). The van der Waals surface area contributed by atoms with Gasteiger partial charge < -0.3 is 20.1 Å². The van der Waals surface area contributed by atoms with E-state index in [-0.39, 0.29) is 29.7 Å². The number of hydrogen-bond donors (Lipinski definition) is 2. The molecule has 0 aliphatic carbocycles. The van der Waals surface area contributed by atoms with Gasteiger partial charge in [-0.3, -0.25) is 0 Å². The highest BCUT2D eigenvalue weighted by molar-refractivity contribution is 6.31. The summed E-state index contributed by atoms with van der Waals surface area (Å²) in [7, 11) is 0. The molecule has 2 N–H and O–H groups in total. The number of aromatic nitrogens is 1. The lowest BCUT2D eigenvalue weighted by Gasteiger charge is -2.22. The molecule has 0 aromatic carbocycles. The van der Waals surface area contributed by atoms with E-state index >= 15 is 0 Å². The van der Waals surface area contributed by atoms with Crippen molar-refractivity contribution in [2.75, 3.05) is 19.7 Å². The van der Waals surface area contributed by atoms with Gasteiger partial charge in [0.1, 0.15) is 11.6 Å². The number of guanidine groups is 1. The second kappa shape index (κ2) is 8.52. The van der Waals surface area contributed by atoms with Crippen molar-refractivity contribution in [3.8, 4) is 5.88 Å². The predicted molar refractivity (Wildman–Crippen MR) is 95.2 cm³/mol. The summed E-state index contributed by atoms with van der Waals surface area (Å²) >= 11 is 5.81. The monoisotopic (exact) mass is 406 g/mol. The maximum absolute atomic E-state index is 12.6. The van der Waals surface area contributed by atoms with Crippen LogP contribution in [-0.2, 0) is 10.9 Å². The quantitative estimate of drug-likeness (QED) is 0.432. The fourth-order valence-electron chi connectivity index (χ4n) is 3.27. The number of nitrogens with one attached hydrogen (secondary N) is 2. The van der Waals surface area contributed by atoms with Crippen LogP contribution < -0.4 is 15.4 Å². The maximum Gasteiger partial charge on any atom is 0.417 e. The predicted octanol–water partition coefficient (Wildman–Crippen LogP) is 3.01. The summed E-state index contributed by atoms with van der Waals surface area (Å²) in [6, 6.07) is 1.04. The number of ether oxygens (including phenoxy) is 2. The van der Waals surface area contributed by atoms with E-state index in [2.05, 4.69) is 20.6 Å². The average Bonchev–Trinajstić information content (AvgIpc) is 3.22. The third kappa shape index (κ3) is 5.16. The van der Waals surface area contributed by atoms with Crippen LogP contribution in [0.15, 0.2) is 17.3 Å². The number of halogens is 4. The van der Waals surface area contributed by atoms with Gasteiger partial charge in [-0.25, -0.2) is 9.98 Å². The number of alkyl halides is 3. The van der Waals surface area contributed by atoms with Gasteiger partial charge in [-0.05, 0) is 32.3 Å². The lowest BCUT2D eigenvalue weighted by molar-refractivity contribution is -0.137. The molecule has 150 valence electrons. The van der Waals surface area contributed by atoms with Gasteiger partial charge >= 0.3 is 6.18 Å². The van der Waals surface area contributed by atoms with Crippen LogP contribution >= 0.6 is 11.6 Å². The highest BCUT2D eigenvalue weighted by atomic mass is 35.5. The second-order valence-electron chi connectivity index (χ2n) is 6.48. The fraction of sp³-hybridized carbons (Fsp3) is 0.647. The molecular formula is C17H22ClF3N4O2. The van der Waals surface area contributed by atoms with E-state index in [0.717, 1.165) is 25.3 Å². The second-order valence-corrected chi connectivity index (χ2v) is 6.89. The minimum Gasteiger partial charge on any atom is -0.475 e. The molecule has 3 atom stereocenters. The topological polar surface area (TPSA) is 67.8 Å². The normalized spacial score (nSPS) is 24.9. The first kappa shape index (κ1) is 20.0. The third-order valence-corrected chi connectivity index (χ3v) is 4.78. The Morgan fingerprint density at radius 2 is 2.26 bits per heavy atom. The molecular weight excluding hydrogens is 385 g/mol. The van der Waals surface area contributed by atoms with Crippen molar-refractivity contribution in [2.45, 2.75) is 50.6 Å². The zero-order valence-corrected chi connectivity index (χ0v) is 15.6.